The van der Waals surface area contributed by atoms with Crippen molar-refractivity contribution < 1.29 is 9.59 Å². The SMILES string of the molecule is O=C1CCC(Cl)(c2ccccc2)C(=O)N1. The summed E-state index contributed by atoms with van der Waals surface area (Å²) in [6, 6.07) is 9.09. The van der Waals surface area contributed by atoms with Gasteiger partial charge in [-0.2, -0.15) is 0 Å². The van der Waals surface area contributed by atoms with Crippen LogP contribution in [-0.4, -0.2) is 11.8 Å². The number of nitrogens with one attached hydrogen (secondary N) is 1. The Morgan fingerprint density at radius 2 is 1.87 bits per heavy atom. The maximum atomic E-state index is 11.7. The molecule has 1 N–H and O–H groups in total. The molecule has 0 radical (unpaired) electrons. The number of amides is 2. The molecule has 0 spiro atoms. The molecule has 1 unspecified atom stereocenters. The van der Waals surface area contributed by atoms with Gasteiger partial charge in [-0.15, -0.1) is 11.6 Å². The number of hydrogen-bond acceptors (Lipinski definition) is 2. The number of benzene rings is 1. The summed E-state index contributed by atoms with van der Waals surface area (Å²) in [5, 5.41) is 2.26. The van der Waals surface area contributed by atoms with Gasteiger partial charge in [-0.3, -0.25) is 14.9 Å². The quantitative estimate of drug-likeness (QED) is 0.580. The van der Waals surface area contributed by atoms with Gasteiger partial charge in [0, 0.05) is 6.42 Å². The van der Waals surface area contributed by atoms with Crippen LogP contribution in [0.2, 0.25) is 0 Å². The Bertz CT molecular complexity index is 404. The molecule has 0 aliphatic carbocycles. The van der Waals surface area contributed by atoms with Crippen molar-refractivity contribution in [2.75, 3.05) is 0 Å². The molecule has 1 aliphatic heterocycles. The molecule has 4 heteroatoms. The van der Waals surface area contributed by atoms with Crippen molar-refractivity contribution in [3.8, 4) is 0 Å². The number of imide groups is 1. The van der Waals surface area contributed by atoms with Crippen LogP contribution < -0.4 is 5.32 Å². The molecule has 1 aromatic carbocycles. The largest absolute Gasteiger partial charge is 0.295 e. The van der Waals surface area contributed by atoms with Crippen LogP contribution in [0.15, 0.2) is 30.3 Å². The second-order valence-corrected chi connectivity index (χ2v) is 4.19. The Kier molecular flexibility index (Phi) is 2.49. The average Bonchev–Trinajstić information content (AvgIpc) is 2.25. The zero-order valence-corrected chi connectivity index (χ0v) is 8.75. The minimum absolute atomic E-state index is 0.257. The highest BCUT2D eigenvalue weighted by Gasteiger charge is 2.42. The van der Waals surface area contributed by atoms with E-state index < -0.39 is 10.8 Å². The van der Waals surface area contributed by atoms with Gasteiger partial charge in [0.05, 0.1) is 0 Å². The summed E-state index contributed by atoms with van der Waals surface area (Å²) in [5.41, 5.74) is 0.733. The van der Waals surface area contributed by atoms with E-state index >= 15 is 0 Å². The van der Waals surface area contributed by atoms with E-state index in [9.17, 15) is 9.59 Å². The second kappa shape index (κ2) is 3.66. The maximum Gasteiger partial charge on any atom is 0.252 e. The van der Waals surface area contributed by atoms with Crippen LogP contribution in [-0.2, 0) is 14.5 Å². The number of carbonyl (C=O) groups is 2. The molecule has 0 bridgehead atoms. The lowest BCUT2D eigenvalue weighted by atomic mass is 9.89. The Morgan fingerprint density at radius 1 is 1.20 bits per heavy atom. The predicted octanol–water partition coefficient (Wildman–Crippen LogP) is 1.56. The van der Waals surface area contributed by atoms with Gasteiger partial charge in [-0.05, 0) is 12.0 Å². The van der Waals surface area contributed by atoms with E-state index in [2.05, 4.69) is 5.32 Å². The van der Waals surface area contributed by atoms with Crippen LogP contribution in [0.4, 0.5) is 0 Å². The summed E-state index contributed by atoms with van der Waals surface area (Å²) in [5.74, 6) is -0.682. The van der Waals surface area contributed by atoms with E-state index in [1.807, 2.05) is 18.2 Å². The van der Waals surface area contributed by atoms with Crippen molar-refractivity contribution in [3.05, 3.63) is 35.9 Å². The fraction of sp³-hybridized carbons (Fsp3) is 0.273. The Balaban J connectivity index is 2.35. The van der Waals surface area contributed by atoms with E-state index in [1.54, 1.807) is 12.1 Å². The topological polar surface area (TPSA) is 46.2 Å². The van der Waals surface area contributed by atoms with Crippen LogP contribution in [0, 0.1) is 0 Å². The molecular weight excluding hydrogens is 214 g/mol. The molecule has 0 saturated carbocycles. The molecule has 1 atom stereocenters. The number of hydrogen-bond donors (Lipinski definition) is 1. The minimum atomic E-state index is -1.09. The fourth-order valence-electron chi connectivity index (χ4n) is 1.67. The molecule has 1 aliphatic rings. The first-order chi connectivity index (χ1) is 7.13. The van der Waals surface area contributed by atoms with Crippen LogP contribution in [0.25, 0.3) is 0 Å². The summed E-state index contributed by atoms with van der Waals surface area (Å²) in [6.07, 6.45) is 0.632. The zero-order chi connectivity index (χ0) is 10.9. The number of alkyl halides is 1. The third-order valence-electron chi connectivity index (χ3n) is 2.54. The standard InChI is InChI=1S/C11H10ClNO2/c12-11(8-4-2-1-3-5-8)7-6-9(14)13-10(11)15/h1-5H,6-7H2,(H,13,14,15). The molecule has 1 aromatic rings. The lowest BCUT2D eigenvalue weighted by Gasteiger charge is -2.29. The predicted molar refractivity (Wildman–Crippen MR) is 56.4 cm³/mol. The number of piperidine rings is 1. The van der Waals surface area contributed by atoms with Crippen LogP contribution >= 0.6 is 11.6 Å². The van der Waals surface area contributed by atoms with Gasteiger partial charge in [-0.25, -0.2) is 0 Å². The molecule has 1 fully saturated rings. The summed E-state index contributed by atoms with van der Waals surface area (Å²) in [6.45, 7) is 0. The first kappa shape index (κ1) is 10.2. The number of carbonyl (C=O) groups excluding carboxylic acids is 2. The van der Waals surface area contributed by atoms with Crippen molar-refractivity contribution in [3.63, 3.8) is 0 Å². The molecule has 15 heavy (non-hydrogen) atoms. The Hall–Kier alpha value is -1.35. The van der Waals surface area contributed by atoms with Crippen LogP contribution in [0.1, 0.15) is 18.4 Å². The Labute approximate surface area is 92.4 Å². The lowest BCUT2D eigenvalue weighted by Crippen LogP contribution is -2.48. The van der Waals surface area contributed by atoms with Gasteiger partial charge in [0.2, 0.25) is 5.91 Å². The molecule has 78 valence electrons. The van der Waals surface area contributed by atoms with Crippen LogP contribution in [0.3, 0.4) is 0 Å². The number of halogens is 1. The van der Waals surface area contributed by atoms with Gasteiger partial charge in [-0.1, -0.05) is 30.3 Å². The third-order valence-corrected chi connectivity index (χ3v) is 3.12. The maximum absolute atomic E-state index is 11.7. The van der Waals surface area contributed by atoms with E-state index in [0.717, 1.165) is 5.56 Å². The summed E-state index contributed by atoms with van der Waals surface area (Å²) >= 11 is 6.25. The van der Waals surface area contributed by atoms with Crippen molar-refractivity contribution in [2.45, 2.75) is 17.7 Å². The van der Waals surface area contributed by atoms with Gasteiger partial charge in [0.25, 0.3) is 5.91 Å². The molecule has 2 rings (SSSR count). The fourth-order valence-corrected chi connectivity index (χ4v) is 1.93. The monoisotopic (exact) mass is 223 g/mol. The van der Waals surface area contributed by atoms with Gasteiger partial charge in [0.15, 0.2) is 0 Å². The van der Waals surface area contributed by atoms with Crippen molar-refractivity contribution in [1.29, 1.82) is 0 Å². The molecular formula is C11H10ClNO2. The molecule has 0 aromatic heterocycles. The molecule has 3 nitrogen and oxygen atoms in total. The van der Waals surface area contributed by atoms with Gasteiger partial charge < -0.3 is 0 Å². The van der Waals surface area contributed by atoms with Gasteiger partial charge >= 0.3 is 0 Å². The van der Waals surface area contributed by atoms with Gasteiger partial charge in [0.1, 0.15) is 4.87 Å². The minimum Gasteiger partial charge on any atom is -0.295 e. The van der Waals surface area contributed by atoms with Crippen LogP contribution in [0.5, 0.6) is 0 Å². The van der Waals surface area contributed by atoms with E-state index in [0.29, 0.717) is 6.42 Å². The first-order valence-corrected chi connectivity index (χ1v) is 5.09. The smallest absolute Gasteiger partial charge is 0.252 e. The zero-order valence-electron chi connectivity index (χ0n) is 8.00. The molecule has 1 heterocycles. The average molecular weight is 224 g/mol. The van der Waals surface area contributed by atoms with E-state index in [1.165, 1.54) is 0 Å². The summed E-state index contributed by atoms with van der Waals surface area (Å²) in [7, 11) is 0. The van der Waals surface area contributed by atoms with Crippen molar-refractivity contribution in [1.82, 2.24) is 5.32 Å². The summed E-state index contributed by atoms with van der Waals surface area (Å²) in [4.78, 5) is 21.6. The third kappa shape index (κ3) is 1.75. The molecule has 2 amide bonds. The first-order valence-electron chi connectivity index (χ1n) is 4.72. The lowest BCUT2D eigenvalue weighted by molar-refractivity contribution is -0.135. The highest BCUT2D eigenvalue weighted by atomic mass is 35.5. The Morgan fingerprint density at radius 3 is 2.47 bits per heavy atom. The molecule has 1 saturated heterocycles. The second-order valence-electron chi connectivity index (χ2n) is 3.54. The van der Waals surface area contributed by atoms with E-state index in [-0.39, 0.29) is 12.3 Å². The van der Waals surface area contributed by atoms with E-state index in [4.69, 9.17) is 11.6 Å². The van der Waals surface area contributed by atoms with Crippen molar-refractivity contribution >= 4 is 23.4 Å². The highest BCUT2D eigenvalue weighted by molar-refractivity contribution is 6.36. The highest BCUT2D eigenvalue weighted by Crippen LogP contribution is 2.36. The van der Waals surface area contributed by atoms with Crippen molar-refractivity contribution in [2.24, 2.45) is 0 Å². The normalized spacial score (nSPS) is 26.2. The number of rotatable bonds is 1. The summed E-state index contributed by atoms with van der Waals surface area (Å²) < 4.78 is 0.